The number of halogens is 1. The maximum atomic E-state index is 12.1. The van der Waals surface area contributed by atoms with Crippen molar-refractivity contribution in [2.75, 3.05) is 0 Å². The molecule has 2 rings (SSSR count). The molecule has 1 aliphatic rings. The fraction of sp³-hybridized carbons (Fsp3) is 0.533. The Kier molecular flexibility index (Phi) is 4.25. The van der Waals surface area contributed by atoms with E-state index in [9.17, 15) is 9.90 Å². The van der Waals surface area contributed by atoms with Gasteiger partial charge in [-0.25, -0.2) is 0 Å². The van der Waals surface area contributed by atoms with Crippen molar-refractivity contribution in [3.05, 3.63) is 28.8 Å². The molecule has 1 aromatic carbocycles. The second-order valence-electron chi connectivity index (χ2n) is 5.88. The van der Waals surface area contributed by atoms with E-state index in [1.807, 2.05) is 13.8 Å². The summed E-state index contributed by atoms with van der Waals surface area (Å²) in [6.45, 7) is 5.62. The Hall–Kier alpha value is -1.26. The van der Waals surface area contributed by atoms with Crippen LogP contribution in [0.1, 0.15) is 44.0 Å². The van der Waals surface area contributed by atoms with E-state index in [1.54, 1.807) is 25.1 Å². The largest absolute Gasteiger partial charge is 0.491 e. The smallest absolute Gasteiger partial charge is 0.253 e. The summed E-state index contributed by atoms with van der Waals surface area (Å²) in [5.41, 5.74) is -0.231. The molecule has 1 saturated carbocycles. The van der Waals surface area contributed by atoms with E-state index in [2.05, 4.69) is 5.32 Å². The summed E-state index contributed by atoms with van der Waals surface area (Å²) in [7, 11) is 0. The predicted molar refractivity (Wildman–Crippen MR) is 78.3 cm³/mol. The maximum absolute atomic E-state index is 12.1. The first kappa shape index (κ1) is 15.1. The van der Waals surface area contributed by atoms with E-state index < -0.39 is 5.60 Å². The molecule has 110 valence electrons. The molecule has 0 heterocycles. The Bertz CT molecular complexity index is 506. The Morgan fingerprint density at radius 3 is 2.65 bits per heavy atom. The first-order valence-corrected chi connectivity index (χ1v) is 7.14. The normalized spacial score (nSPS) is 25.2. The van der Waals surface area contributed by atoms with E-state index in [0.29, 0.717) is 29.2 Å². The Labute approximate surface area is 124 Å². The molecule has 0 saturated heterocycles. The number of hydrogen-bond donors (Lipinski definition) is 2. The van der Waals surface area contributed by atoms with E-state index in [-0.39, 0.29) is 18.1 Å². The second-order valence-corrected chi connectivity index (χ2v) is 6.29. The quantitative estimate of drug-likeness (QED) is 0.898. The number of amides is 1. The zero-order chi connectivity index (χ0) is 14.9. The third kappa shape index (κ3) is 3.64. The highest BCUT2D eigenvalue weighted by molar-refractivity contribution is 6.34. The summed E-state index contributed by atoms with van der Waals surface area (Å²) in [6, 6.07) is 5.05. The highest BCUT2D eigenvalue weighted by atomic mass is 35.5. The number of ether oxygens (including phenoxy) is 1. The second kappa shape index (κ2) is 5.62. The molecule has 0 aliphatic heterocycles. The Balaban J connectivity index is 2.00. The third-order valence-corrected chi connectivity index (χ3v) is 3.58. The molecule has 1 amide bonds. The van der Waals surface area contributed by atoms with Gasteiger partial charge in [-0.15, -0.1) is 0 Å². The average Bonchev–Trinajstić information content (AvgIpc) is 2.25. The molecule has 1 fully saturated rings. The van der Waals surface area contributed by atoms with E-state index >= 15 is 0 Å². The summed E-state index contributed by atoms with van der Waals surface area (Å²) in [6.07, 6.45) is 1.21. The highest BCUT2D eigenvalue weighted by Crippen LogP contribution is 2.32. The van der Waals surface area contributed by atoms with Crippen LogP contribution in [0.4, 0.5) is 0 Å². The molecule has 5 heteroatoms. The van der Waals surface area contributed by atoms with Gasteiger partial charge in [-0.05, 0) is 51.8 Å². The molecule has 0 spiro atoms. The summed E-state index contributed by atoms with van der Waals surface area (Å²) in [5.74, 6) is 0.430. The van der Waals surface area contributed by atoms with Crippen LogP contribution < -0.4 is 10.1 Å². The van der Waals surface area contributed by atoms with Crippen molar-refractivity contribution in [2.45, 2.75) is 51.4 Å². The number of benzene rings is 1. The SMILES string of the molecule is CC(C)Oc1ccc(C(=O)NC2CC(C)(O)C2)c(Cl)c1. The minimum absolute atomic E-state index is 0.0140. The lowest BCUT2D eigenvalue weighted by Crippen LogP contribution is -2.53. The van der Waals surface area contributed by atoms with Gasteiger partial charge in [0.2, 0.25) is 0 Å². The zero-order valence-corrected chi connectivity index (χ0v) is 12.7. The fourth-order valence-corrected chi connectivity index (χ4v) is 2.65. The average molecular weight is 298 g/mol. The lowest BCUT2D eigenvalue weighted by Gasteiger charge is -2.41. The molecule has 1 aromatic rings. The van der Waals surface area contributed by atoms with Crippen LogP contribution in [0, 0.1) is 0 Å². The van der Waals surface area contributed by atoms with Crippen LogP contribution in [0.2, 0.25) is 5.02 Å². The van der Waals surface area contributed by atoms with Gasteiger partial charge >= 0.3 is 0 Å². The number of carbonyl (C=O) groups excluding carboxylic acids is 1. The zero-order valence-electron chi connectivity index (χ0n) is 11.9. The van der Waals surface area contributed by atoms with Crippen molar-refractivity contribution in [3.63, 3.8) is 0 Å². The van der Waals surface area contributed by atoms with Gasteiger partial charge in [-0.2, -0.15) is 0 Å². The van der Waals surface area contributed by atoms with Gasteiger partial charge in [-0.1, -0.05) is 11.6 Å². The lowest BCUT2D eigenvalue weighted by atomic mass is 9.77. The van der Waals surface area contributed by atoms with Crippen LogP contribution in [0.25, 0.3) is 0 Å². The molecule has 0 unspecified atom stereocenters. The maximum Gasteiger partial charge on any atom is 0.253 e. The van der Waals surface area contributed by atoms with Crippen LogP contribution in [0.3, 0.4) is 0 Å². The molecular formula is C15H20ClNO3. The first-order chi connectivity index (χ1) is 9.27. The van der Waals surface area contributed by atoms with Gasteiger partial charge in [0.25, 0.3) is 5.91 Å². The first-order valence-electron chi connectivity index (χ1n) is 6.76. The van der Waals surface area contributed by atoms with Crippen LogP contribution in [0.15, 0.2) is 18.2 Å². The topological polar surface area (TPSA) is 58.6 Å². The van der Waals surface area contributed by atoms with Crippen molar-refractivity contribution in [3.8, 4) is 5.75 Å². The van der Waals surface area contributed by atoms with Crippen molar-refractivity contribution in [1.82, 2.24) is 5.32 Å². The van der Waals surface area contributed by atoms with Crippen molar-refractivity contribution in [2.24, 2.45) is 0 Å². The van der Waals surface area contributed by atoms with Gasteiger partial charge in [0.15, 0.2) is 0 Å². The van der Waals surface area contributed by atoms with E-state index in [1.165, 1.54) is 0 Å². The lowest BCUT2D eigenvalue weighted by molar-refractivity contribution is -0.0366. The van der Waals surface area contributed by atoms with Gasteiger partial charge < -0.3 is 15.2 Å². The van der Waals surface area contributed by atoms with Gasteiger partial charge in [0.1, 0.15) is 5.75 Å². The van der Waals surface area contributed by atoms with Crippen LogP contribution >= 0.6 is 11.6 Å². The standard InChI is InChI=1S/C15H20ClNO3/c1-9(2)20-11-4-5-12(13(16)6-11)14(18)17-10-7-15(3,19)8-10/h4-6,9-10,19H,7-8H2,1-3H3,(H,17,18). The molecule has 0 radical (unpaired) electrons. The van der Waals surface area contributed by atoms with E-state index in [0.717, 1.165) is 0 Å². The minimum atomic E-state index is -0.656. The van der Waals surface area contributed by atoms with Crippen molar-refractivity contribution < 1.29 is 14.6 Å². The van der Waals surface area contributed by atoms with E-state index in [4.69, 9.17) is 16.3 Å². The van der Waals surface area contributed by atoms with Crippen LogP contribution in [0.5, 0.6) is 5.75 Å². The Morgan fingerprint density at radius 1 is 1.50 bits per heavy atom. The minimum Gasteiger partial charge on any atom is -0.491 e. The summed E-state index contributed by atoms with van der Waals surface area (Å²) in [5, 5.41) is 12.9. The molecular weight excluding hydrogens is 278 g/mol. The highest BCUT2D eigenvalue weighted by Gasteiger charge is 2.39. The van der Waals surface area contributed by atoms with Crippen LogP contribution in [-0.2, 0) is 0 Å². The number of carbonyl (C=O) groups is 1. The molecule has 2 N–H and O–H groups in total. The number of nitrogens with one attached hydrogen (secondary N) is 1. The van der Waals surface area contributed by atoms with Crippen LogP contribution in [-0.4, -0.2) is 28.8 Å². The number of hydrogen-bond acceptors (Lipinski definition) is 3. The number of aliphatic hydroxyl groups is 1. The predicted octanol–water partition coefficient (Wildman–Crippen LogP) is 2.77. The summed E-state index contributed by atoms with van der Waals surface area (Å²) < 4.78 is 5.52. The summed E-state index contributed by atoms with van der Waals surface area (Å²) >= 11 is 6.12. The Morgan fingerprint density at radius 2 is 2.15 bits per heavy atom. The van der Waals surface area contributed by atoms with Crippen molar-refractivity contribution in [1.29, 1.82) is 0 Å². The van der Waals surface area contributed by atoms with Gasteiger partial charge in [0.05, 0.1) is 22.3 Å². The summed E-state index contributed by atoms with van der Waals surface area (Å²) in [4.78, 5) is 12.1. The molecule has 0 aromatic heterocycles. The van der Waals surface area contributed by atoms with Gasteiger partial charge in [-0.3, -0.25) is 4.79 Å². The molecule has 20 heavy (non-hydrogen) atoms. The third-order valence-electron chi connectivity index (χ3n) is 3.26. The van der Waals surface area contributed by atoms with Gasteiger partial charge in [0, 0.05) is 6.04 Å². The molecule has 0 atom stereocenters. The fourth-order valence-electron chi connectivity index (χ4n) is 2.39. The molecule has 1 aliphatic carbocycles. The van der Waals surface area contributed by atoms with Crippen molar-refractivity contribution >= 4 is 17.5 Å². The monoisotopic (exact) mass is 297 g/mol. The number of rotatable bonds is 4. The molecule has 4 nitrogen and oxygen atoms in total. The molecule has 0 bridgehead atoms.